The van der Waals surface area contributed by atoms with Crippen LogP contribution in [0.3, 0.4) is 0 Å². The van der Waals surface area contributed by atoms with Crippen molar-refractivity contribution in [3.05, 3.63) is 59.9 Å². The first-order valence-corrected chi connectivity index (χ1v) is 6.06. The summed E-state index contributed by atoms with van der Waals surface area (Å²) in [5.41, 5.74) is 2.50. The lowest BCUT2D eigenvalue weighted by Crippen LogP contribution is -2.17. The van der Waals surface area contributed by atoms with Gasteiger partial charge in [0.05, 0.1) is 7.11 Å². The third kappa shape index (κ3) is 3.31. The minimum atomic E-state index is 0.309. The average Bonchev–Trinajstić information content (AvgIpc) is 2.46. The Bertz CT molecular complexity index is 468. The van der Waals surface area contributed by atoms with Crippen LogP contribution in [0.2, 0.25) is 0 Å². The van der Waals surface area contributed by atoms with E-state index in [9.17, 15) is 0 Å². The van der Waals surface area contributed by atoms with Crippen LogP contribution in [-0.4, -0.2) is 12.1 Å². The van der Waals surface area contributed by atoms with Crippen LogP contribution in [0.15, 0.2) is 48.8 Å². The molecule has 1 aromatic carbocycles. The maximum atomic E-state index is 5.15. The molecule has 0 aliphatic carbocycles. The quantitative estimate of drug-likeness (QED) is 0.875. The molecule has 0 saturated heterocycles. The van der Waals surface area contributed by atoms with Gasteiger partial charge in [-0.3, -0.25) is 4.98 Å². The molecule has 0 saturated carbocycles. The summed E-state index contributed by atoms with van der Waals surface area (Å²) in [6, 6.07) is 12.5. The molecule has 0 radical (unpaired) electrons. The predicted molar refractivity (Wildman–Crippen MR) is 72.5 cm³/mol. The Morgan fingerprint density at radius 1 is 1.11 bits per heavy atom. The van der Waals surface area contributed by atoms with Crippen molar-refractivity contribution in [3.8, 4) is 5.75 Å². The molecular formula is C15H18N2O. The topological polar surface area (TPSA) is 34.1 Å². The van der Waals surface area contributed by atoms with E-state index in [0.717, 1.165) is 12.3 Å². The fraction of sp³-hybridized carbons (Fsp3) is 0.267. The van der Waals surface area contributed by atoms with Crippen LogP contribution in [0.25, 0.3) is 0 Å². The molecule has 94 valence electrons. The second-order valence-corrected chi connectivity index (χ2v) is 4.23. The van der Waals surface area contributed by atoms with E-state index in [1.807, 2.05) is 36.7 Å². The van der Waals surface area contributed by atoms with Gasteiger partial charge >= 0.3 is 0 Å². The number of benzene rings is 1. The van der Waals surface area contributed by atoms with Gasteiger partial charge in [0.1, 0.15) is 5.75 Å². The monoisotopic (exact) mass is 242 g/mol. The predicted octanol–water partition coefficient (Wildman–Crippen LogP) is 2.94. The third-order valence-corrected chi connectivity index (χ3v) is 2.98. The third-order valence-electron chi connectivity index (χ3n) is 2.98. The second kappa shape index (κ2) is 6.17. The average molecular weight is 242 g/mol. The maximum absolute atomic E-state index is 5.15. The van der Waals surface area contributed by atoms with Gasteiger partial charge in [-0.15, -0.1) is 0 Å². The number of hydrogen-bond donors (Lipinski definition) is 1. The molecule has 1 aromatic heterocycles. The van der Waals surface area contributed by atoms with Crippen LogP contribution in [0.5, 0.6) is 5.75 Å². The van der Waals surface area contributed by atoms with E-state index in [1.165, 1.54) is 11.1 Å². The van der Waals surface area contributed by atoms with Crippen molar-refractivity contribution in [2.75, 3.05) is 7.11 Å². The molecule has 0 amide bonds. The number of nitrogens with zero attached hydrogens (tertiary/aromatic N) is 1. The van der Waals surface area contributed by atoms with Crippen molar-refractivity contribution in [2.24, 2.45) is 0 Å². The molecule has 3 heteroatoms. The molecule has 18 heavy (non-hydrogen) atoms. The van der Waals surface area contributed by atoms with Gasteiger partial charge in [-0.1, -0.05) is 12.1 Å². The van der Waals surface area contributed by atoms with Crippen molar-refractivity contribution in [2.45, 2.75) is 19.5 Å². The molecule has 0 fully saturated rings. The highest BCUT2D eigenvalue weighted by Gasteiger charge is 2.04. The molecule has 0 aliphatic heterocycles. The van der Waals surface area contributed by atoms with Crippen molar-refractivity contribution in [3.63, 3.8) is 0 Å². The highest BCUT2D eigenvalue weighted by Crippen LogP contribution is 2.17. The molecular weight excluding hydrogens is 224 g/mol. The Kier molecular flexibility index (Phi) is 4.31. The summed E-state index contributed by atoms with van der Waals surface area (Å²) in [4.78, 5) is 4.01. The summed E-state index contributed by atoms with van der Waals surface area (Å²) < 4.78 is 5.15. The van der Waals surface area contributed by atoms with Gasteiger partial charge < -0.3 is 10.1 Å². The minimum Gasteiger partial charge on any atom is -0.497 e. The molecule has 0 spiro atoms. The Labute approximate surface area is 108 Å². The Morgan fingerprint density at radius 2 is 1.78 bits per heavy atom. The highest BCUT2D eigenvalue weighted by molar-refractivity contribution is 5.28. The molecule has 0 aliphatic rings. The van der Waals surface area contributed by atoms with Crippen LogP contribution in [0.4, 0.5) is 0 Å². The molecule has 3 nitrogen and oxygen atoms in total. The molecule has 1 unspecified atom stereocenters. The maximum Gasteiger partial charge on any atom is 0.118 e. The van der Waals surface area contributed by atoms with Gasteiger partial charge in [0.25, 0.3) is 0 Å². The molecule has 0 bridgehead atoms. The minimum absolute atomic E-state index is 0.309. The summed E-state index contributed by atoms with van der Waals surface area (Å²) in [7, 11) is 1.68. The van der Waals surface area contributed by atoms with Gasteiger partial charge in [0.15, 0.2) is 0 Å². The number of methoxy groups -OCH3 is 1. The SMILES string of the molecule is COc1ccc(C(C)NCc2ccncc2)cc1. The lowest BCUT2D eigenvalue weighted by atomic mass is 10.1. The van der Waals surface area contributed by atoms with E-state index in [4.69, 9.17) is 4.74 Å². The standard InChI is InChI=1S/C15H18N2O/c1-12(14-3-5-15(18-2)6-4-14)17-11-13-7-9-16-10-8-13/h3-10,12,17H,11H2,1-2H3. The smallest absolute Gasteiger partial charge is 0.118 e. The lowest BCUT2D eigenvalue weighted by molar-refractivity contribution is 0.414. The summed E-state index contributed by atoms with van der Waals surface area (Å²) >= 11 is 0. The number of pyridine rings is 1. The van der Waals surface area contributed by atoms with E-state index in [0.29, 0.717) is 6.04 Å². The van der Waals surface area contributed by atoms with Crippen molar-refractivity contribution in [1.29, 1.82) is 0 Å². The van der Waals surface area contributed by atoms with E-state index in [-0.39, 0.29) is 0 Å². The summed E-state index contributed by atoms with van der Waals surface area (Å²) in [5.74, 6) is 0.889. The van der Waals surface area contributed by atoms with Gasteiger partial charge in [0, 0.05) is 25.0 Å². The van der Waals surface area contributed by atoms with Gasteiger partial charge in [-0.25, -0.2) is 0 Å². The van der Waals surface area contributed by atoms with Crippen molar-refractivity contribution >= 4 is 0 Å². The largest absolute Gasteiger partial charge is 0.497 e. The van der Waals surface area contributed by atoms with E-state index in [2.05, 4.69) is 29.4 Å². The Balaban J connectivity index is 1.93. The number of ether oxygens (including phenoxy) is 1. The zero-order valence-corrected chi connectivity index (χ0v) is 10.8. The molecule has 1 heterocycles. The zero-order valence-electron chi connectivity index (χ0n) is 10.8. The van der Waals surface area contributed by atoms with Crippen LogP contribution in [0.1, 0.15) is 24.1 Å². The van der Waals surface area contributed by atoms with Gasteiger partial charge in [-0.05, 0) is 42.3 Å². The first kappa shape index (κ1) is 12.6. The summed E-state index contributed by atoms with van der Waals surface area (Å²) in [5, 5.41) is 3.48. The zero-order chi connectivity index (χ0) is 12.8. The molecule has 1 N–H and O–H groups in total. The fourth-order valence-electron chi connectivity index (χ4n) is 1.78. The van der Waals surface area contributed by atoms with Gasteiger partial charge in [0.2, 0.25) is 0 Å². The fourth-order valence-corrected chi connectivity index (χ4v) is 1.78. The Hall–Kier alpha value is -1.87. The lowest BCUT2D eigenvalue weighted by Gasteiger charge is -2.14. The summed E-state index contributed by atoms with van der Waals surface area (Å²) in [6.45, 7) is 3.00. The number of rotatable bonds is 5. The van der Waals surface area contributed by atoms with Crippen LogP contribution >= 0.6 is 0 Å². The Morgan fingerprint density at radius 3 is 2.39 bits per heavy atom. The number of aromatic nitrogens is 1. The normalized spacial score (nSPS) is 12.1. The van der Waals surface area contributed by atoms with E-state index >= 15 is 0 Å². The van der Waals surface area contributed by atoms with Crippen molar-refractivity contribution < 1.29 is 4.74 Å². The first-order chi connectivity index (χ1) is 8.79. The van der Waals surface area contributed by atoms with Crippen LogP contribution in [-0.2, 0) is 6.54 Å². The summed E-state index contributed by atoms with van der Waals surface area (Å²) in [6.07, 6.45) is 3.63. The van der Waals surface area contributed by atoms with E-state index in [1.54, 1.807) is 7.11 Å². The van der Waals surface area contributed by atoms with Crippen molar-refractivity contribution in [1.82, 2.24) is 10.3 Å². The van der Waals surface area contributed by atoms with E-state index < -0.39 is 0 Å². The molecule has 2 rings (SSSR count). The second-order valence-electron chi connectivity index (χ2n) is 4.23. The van der Waals surface area contributed by atoms with Crippen LogP contribution in [0, 0.1) is 0 Å². The molecule has 1 atom stereocenters. The van der Waals surface area contributed by atoms with Crippen LogP contribution < -0.4 is 10.1 Å². The number of nitrogens with one attached hydrogen (secondary N) is 1. The highest BCUT2D eigenvalue weighted by atomic mass is 16.5. The first-order valence-electron chi connectivity index (χ1n) is 6.06. The number of hydrogen-bond acceptors (Lipinski definition) is 3. The van der Waals surface area contributed by atoms with Gasteiger partial charge in [-0.2, -0.15) is 0 Å². The molecule has 2 aromatic rings.